The molecule has 0 aromatic rings. The molecular weight excluding hydrogens is 186 g/mol. The molecule has 1 saturated carbocycles. The molecule has 0 radical (unpaired) electrons. The Kier molecular flexibility index (Phi) is 3.62. The van der Waals surface area contributed by atoms with Crippen LogP contribution in [0.1, 0.15) is 32.6 Å². The normalized spacial score (nSPS) is 25.8. The lowest BCUT2D eigenvalue weighted by Crippen LogP contribution is -2.27. The van der Waals surface area contributed by atoms with Gasteiger partial charge in [-0.2, -0.15) is 0 Å². The van der Waals surface area contributed by atoms with Gasteiger partial charge in [0.2, 0.25) is 0 Å². The number of likely N-dealkylation sites (tertiary alicyclic amines) is 1. The first-order valence-corrected chi connectivity index (χ1v) is 6.28. The molecule has 1 saturated heterocycles. The SMILES string of the molecule is CC(CN=C(N)C1CC1)CN1CCCC1. The van der Waals surface area contributed by atoms with Crippen molar-refractivity contribution in [1.29, 1.82) is 0 Å². The fourth-order valence-electron chi connectivity index (χ4n) is 2.23. The highest BCUT2D eigenvalue weighted by Crippen LogP contribution is 2.28. The molecular formula is C12H23N3. The van der Waals surface area contributed by atoms with Gasteiger partial charge in [-0.1, -0.05) is 6.92 Å². The van der Waals surface area contributed by atoms with Crippen LogP contribution in [-0.4, -0.2) is 36.9 Å². The molecule has 2 N–H and O–H groups in total. The van der Waals surface area contributed by atoms with Gasteiger partial charge < -0.3 is 10.6 Å². The molecule has 3 heteroatoms. The summed E-state index contributed by atoms with van der Waals surface area (Å²) in [5.41, 5.74) is 5.87. The first kappa shape index (κ1) is 10.9. The first-order chi connectivity index (χ1) is 7.25. The summed E-state index contributed by atoms with van der Waals surface area (Å²) < 4.78 is 0. The summed E-state index contributed by atoms with van der Waals surface area (Å²) >= 11 is 0. The van der Waals surface area contributed by atoms with Gasteiger partial charge in [-0.25, -0.2) is 0 Å². The van der Waals surface area contributed by atoms with Gasteiger partial charge in [0, 0.05) is 19.0 Å². The summed E-state index contributed by atoms with van der Waals surface area (Å²) in [6.45, 7) is 6.96. The second-order valence-electron chi connectivity index (χ2n) is 5.15. The van der Waals surface area contributed by atoms with Gasteiger partial charge >= 0.3 is 0 Å². The molecule has 0 aromatic carbocycles. The van der Waals surface area contributed by atoms with Gasteiger partial charge in [0.15, 0.2) is 0 Å². The lowest BCUT2D eigenvalue weighted by molar-refractivity contribution is 0.291. The van der Waals surface area contributed by atoms with Crippen LogP contribution in [0.4, 0.5) is 0 Å². The molecule has 0 aromatic heterocycles. The third-order valence-electron chi connectivity index (χ3n) is 3.35. The van der Waals surface area contributed by atoms with Crippen LogP contribution in [0.25, 0.3) is 0 Å². The number of aliphatic imine (C=N–C) groups is 1. The molecule has 1 aliphatic heterocycles. The fraction of sp³-hybridized carbons (Fsp3) is 0.917. The highest BCUT2D eigenvalue weighted by atomic mass is 15.1. The average Bonchev–Trinajstić information content (AvgIpc) is 2.95. The minimum Gasteiger partial charge on any atom is -0.387 e. The van der Waals surface area contributed by atoms with Crippen LogP contribution in [0.3, 0.4) is 0 Å². The summed E-state index contributed by atoms with van der Waals surface area (Å²) in [4.78, 5) is 7.05. The largest absolute Gasteiger partial charge is 0.387 e. The molecule has 86 valence electrons. The Morgan fingerprint density at radius 1 is 1.40 bits per heavy atom. The minimum absolute atomic E-state index is 0.629. The van der Waals surface area contributed by atoms with Crippen LogP contribution in [-0.2, 0) is 0 Å². The molecule has 1 aliphatic carbocycles. The molecule has 1 unspecified atom stereocenters. The number of nitrogens with zero attached hydrogens (tertiary/aromatic N) is 2. The van der Waals surface area contributed by atoms with Crippen LogP contribution in [0, 0.1) is 11.8 Å². The summed E-state index contributed by atoms with van der Waals surface area (Å²) in [5.74, 6) is 2.19. The summed E-state index contributed by atoms with van der Waals surface area (Å²) in [6.07, 6.45) is 5.27. The van der Waals surface area contributed by atoms with Crippen molar-refractivity contribution in [2.45, 2.75) is 32.6 Å². The number of hydrogen-bond donors (Lipinski definition) is 1. The van der Waals surface area contributed by atoms with E-state index in [4.69, 9.17) is 5.73 Å². The van der Waals surface area contributed by atoms with E-state index in [2.05, 4.69) is 16.8 Å². The molecule has 2 fully saturated rings. The van der Waals surface area contributed by atoms with Gasteiger partial charge in [-0.15, -0.1) is 0 Å². The van der Waals surface area contributed by atoms with Crippen molar-refractivity contribution in [3.8, 4) is 0 Å². The average molecular weight is 209 g/mol. The molecule has 1 heterocycles. The standard InChI is InChI=1S/C12H23N3/c1-10(9-15-6-2-3-7-15)8-14-12(13)11-4-5-11/h10-11H,2-9H2,1H3,(H2,13,14). The van der Waals surface area contributed by atoms with E-state index in [-0.39, 0.29) is 0 Å². The van der Waals surface area contributed by atoms with E-state index in [0.29, 0.717) is 11.8 Å². The van der Waals surface area contributed by atoms with Crippen LogP contribution >= 0.6 is 0 Å². The van der Waals surface area contributed by atoms with Gasteiger partial charge in [0.05, 0.1) is 5.84 Å². The Balaban J connectivity index is 1.66. The molecule has 0 spiro atoms. The molecule has 2 aliphatic rings. The van der Waals surface area contributed by atoms with E-state index >= 15 is 0 Å². The predicted molar refractivity (Wildman–Crippen MR) is 64.1 cm³/mol. The Morgan fingerprint density at radius 2 is 2.07 bits per heavy atom. The zero-order valence-corrected chi connectivity index (χ0v) is 9.78. The predicted octanol–water partition coefficient (Wildman–Crippen LogP) is 1.49. The summed E-state index contributed by atoms with van der Waals surface area (Å²) in [7, 11) is 0. The maximum absolute atomic E-state index is 5.87. The fourth-order valence-corrected chi connectivity index (χ4v) is 2.23. The zero-order valence-electron chi connectivity index (χ0n) is 9.78. The van der Waals surface area contributed by atoms with Crippen molar-refractivity contribution in [2.24, 2.45) is 22.6 Å². The molecule has 15 heavy (non-hydrogen) atoms. The second-order valence-corrected chi connectivity index (χ2v) is 5.15. The first-order valence-electron chi connectivity index (χ1n) is 6.28. The Labute approximate surface area is 92.7 Å². The Hall–Kier alpha value is -0.570. The topological polar surface area (TPSA) is 41.6 Å². The van der Waals surface area contributed by atoms with Crippen molar-refractivity contribution < 1.29 is 0 Å². The molecule has 0 bridgehead atoms. The van der Waals surface area contributed by atoms with E-state index in [9.17, 15) is 0 Å². The monoisotopic (exact) mass is 209 g/mol. The summed E-state index contributed by atoms with van der Waals surface area (Å²) in [6, 6.07) is 0. The Morgan fingerprint density at radius 3 is 2.67 bits per heavy atom. The third-order valence-corrected chi connectivity index (χ3v) is 3.35. The number of amidine groups is 1. The highest BCUT2D eigenvalue weighted by Gasteiger charge is 2.25. The third kappa shape index (κ3) is 3.49. The molecule has 3 nitrogen and oxygen atoms in total. The van der Waals surface area contributed by atoms with Gasteiger partial charge in [-0.3, -0.25) is 4.99 Å². The highest BCUT2D eigenvalue weighted by molar-refractivity contribution is 5.84. The maximum atomic E-state index is 5.87. The smallest absolute Gasteiger partial charge is 0.0968 e. The summed E-state index contributed by atoms with van der Waals surface area (Å²) in [5, 5.41) is 0. The van der Waals surface area contributed by atoms with Crippen LogP contribution in [0.5, 0.6) is 0 Å². The maximum Gasteiger partial charge on any atom is 0.0968 e. The van der Waals surface area contributed by atoms with Gasteiger partial charge in [-0.05, 0) is 44.7 Å². The van der Waals surface area contributed by atoms with Crippen molar-refractivity contribution in [1.82, 2.24) is 4.90 Å². The van der Waals surface area contributed by atoms with Crippen molar-refractivity contribution in [3.05, 3.63) is 0 Å². The lowest BCUT2D eigenvalue weighted by atomic mass is 10.1. The molecule has 0 amide bonds. The minimum atomic E-state index is 0.629. The van der Waals surface area contributed by atoms with Crippen molar-refractivity contribution in [2.75, 3.05) is 26.2 Å². The van der Waals surface area contributed by atoms with Gasteiger partial charge in [0.25, 0.3) is 0 Å². The van der Waals surface area contributed by atoms with E-state index in [1.54, 1.807) is 0 Å². The van der Waals surface area contributed by atoms with Crippen molar-refractivity contribution >= 4 is 5.84 Å². The number of rotatable bonds is 5. The second kappa shape index (κ2) is 4.97. The quantitative estimate of drug-likeness (QED) is 0.550. The zero-order chi connectivity index (χ0) is 10.7. The van der Waals surface area contributed by atoms with E-state index in [0.717, 1.165) is 12.4 Å². The number of hydrogen-bond acceptors (Lipinski definition) is 2. The lowest BCUT2D eigenvalue weighted by Gasteiger charge is -2.18. The molecule has 2 rings (SSSR count). The van der Waals surface area contributed by atoms with E-state index in [1.165, 1.54) is 45.3 Å². The van der Waals surface area contributed by atoms with Crippen LogP contribution in [0.15, 0.2) is 4.99 Å². The van der Waals surface area contributed by atoms with Crippen LogP contribution in [0.2, 0.25) is 0 Å². The number of nitrogens with two attached hydrogens (primary N) is 1. The Bertz CT molecular complexity index is 227. The van der Waals surface area contributed by atoms with E-state index < -0.39 is 0 Å². The molecule has 1 atom stereocenters. The van der Waals surface area contributed by atoms with Crippen molar-refractivity contribution in [3.63, 3.8) is 0 Å². The van der Waals surface area contributed by atoms with Crippen LogP contribution < -0.4 is 5.73 Å². The van der Waals surface area contributed by atoms with Gasteiger partial charge in [0.1, 0.15) is 0 Å². The van der Waals surface area contributed by atoms with E-state index in [1.807, 2.05) is 0 Å².